The first-order chi connectivity index (χ1) is 9.12. The molecule has 2 N–H and O–H groups in total. The van der Waals surface area contributed by atoms with Crippen LogP contribution in [0.2, 0.25) is 0 Å². The number of nitrogens with one attached hydrogen (secondary N) is 2. The van der Waals surface area contributed by atoms with Gasteiger partial charge in [0.2, 0.25) is 5.91 Å². The summed E-state index contributed by atoms with van der Waals surface area (Å²) in [6.45, 7) is 5.10. The highest BCUT2D eigenvalue weighted by Gasteiger charge is 2.51. The summed E-state index contributed by atoms with van der Waals surface area (Å²) in [5, 5.41) is 6.46. The summed E-state index contributed by atoms with van der Waals surface area (Å²) < 4.78 is 0. The molecule has 1 saturated heterocycles. The summed E-state index contributed by atoms with van der Waals surface area (Å²) in [7, 11) is 0. The summed E-state index contributed by atoms with van der Waals surface area (Å²) in [6, 6.07) is 6.12. The monoisotopic (exact) mass is 258 g/mol. The van der Waals surface area contributed by atoms with Crippen molar-refractivity contribution >= 4 is 11.6 Å². The number of hydrogen-bond acceptors (Lipinski definition) is 2. The molecule has 1 aliphatic heterocycles. The Balaban J connectivity index is 1.75. The number of aryl methyl sites for hydroxylation is 2. The normalized spacial score (nSPS) is 24.2. The largest absolute Gasteiger partial charge is 0.324 e. The predicted octanol–water partition coefficient (Wildman–Crippen LogP) is 2.77. The fraction of sp³-hybridized carbons (Fsp3) is 0.562. The smallest absolute Gasteiger partial charge is 0.242 e. The minimum absolute atomic E-state index is 0.00834. The Labute approximate surface area is 114 Å². The van der Waals surface area contributed by atoms with E-state index in [-0.39, 0.29) is 17.4 Å². The molecule has 2 fully saturated rings. The molecule has 1 spiro atoms. The molecule has 1 heterocycles. The van der Waals surface area contributed by atoms with Gasteiger partial charge in [-0.15, -0.1) is 0 Å². The van der Waals surface area contributed by atoms with Gasteiger partial charge in [0.1, 0.15) is 0 Å². The second-order valence-electron chi connectivity index (χ2n) is 6.14. The zero-order valence-electron chi connectivity index (χ0n) is 11.8. The molecule has 0 aromatic heterocycles. The Morgan fingerprint density at radius 2 is 1.89 bits per heavy atom. The lowest BCUT2D eigenvalue weighted by Crippen LogP contribution is -2.66. The van der Waals surface area contributed by atoms with Gasteiger partial charge < -0.3 is 10.6 Å². The first kappa shape index (κ1) is 12.7. The van der Waals surface area contributed by atoms with Crippen LogP contribution in [0.15, 0.2) is 18.2 Å². The highest BCUT2D eigenvalue weighted by atomic mass is 16.2. The van der Waals surface area contributed by atoms with Gasteiger partial charge in [-0.1, -0.05) is 31.0 Å². The van der Waals surface area contributed by atoms with Gasteiger partial charge in [0.25, 0.3) is 0 Å². The first-order valence-electron chi connectivity index (χ1n) is 7.23. The van der Waals surface area contributed by atoms with E-state index in [9.17, 15) is 4.79 Å². The zero-order valence-corrected chi connectivity index (χ0v) is 11.8. The fourth-order valence-electron chi connectivity index (χ4n) is 3.62. The third-order valence-electron chi connectivity index (χ3n) is 4.86. The number of carbonyl (C=O) groups excluding carboxylic acids is 1. The van der Waals surface area contributed by atoms with E-state index >= 15 is 0 Å². The molecule has 1 aromatic rings. The summed E-state index contributed by atoms with van der Waals surface area (Å²) >= 11 is 0. The standard InChI is InChI=1S/C16H22N2O/c1-11-6-5-7-12(2)13(11)18-15(19)14-16(10-17-14)8-3-4-9-16/h5-7,14,17H,3-4,8-10H2,1-2H3,(H,18,19). The molecular weight excluding hydrogens is 236 g/mol. The lowest BCUT2D eigenvalue weighted by molar-refractivity contribution is -0.125. The Hall–Kier alpha value is -1.35. The Bertz CT molecular complexity index is 483. The van der Waals surface area contributed by atoms with Crippen molar-refractivity contribution < 1.29 is 4.79 Å². The van der Waals surface area contributed by atoms with Crippen molar-refractivity contribution in [2.75, 3.05) is 11.9 Å². The van der Waals surface area contributed by atoms with E-state index < -0.39 is 0 Å². The van der Waals surface area contributed by atoms with Gasteiger partial charge in [-0.05, 0) is 37.8 Å². The van der Waals surface area contributed by atoms with Gasteiger partial charge in [-0.2, -0.15) is 0 Å². The molecule has 1 atom stereocenters. The van der Waals surface area contributed by atoms with E-state index in [0.29, 0.717) is 0 Å². The topological polar surface area (TPSA) is 41.1 Å². The lowest BCUT2D eigenvalue weighted by Gasteiger charge is -2.47. The molecule has 1 aromatic carbocycles. The summed E-state index contributed by atoms with van der Waals surface area (Å²) in [5.74, 6) is 0.144. The van der Waals surface area contributed by atoms with Gasteiger partial charge in [-0.25, -0.2) is 0 Å². The van der Waals surface area contributed by atoms with Gasteiger partial charge in [0.05, 0.1) is 6.04 Å². The zero-order chi connectivity index (χ0) is 13.5. The molecule has 1 unspecified atom stereocenters. The molecule has 2 aliphatic rings. The number of rotatable bonds is 2. The van der Waals surface area contributed by atoms with Crippen LogP contribution in [0.1, 0.15) is 36.8 Å². The minimum atomic E-state index is 0.00834. The van der Waals surface area contributed by atoms with Crippen LogP contribution in [-0.4, -0.2) is 18.5 Å². The third-order valence-corrected chi connectivity index (χ3v) is 4.86. The highest BCUT2D eigenvalue weighted by Crippen LogP contribution is 2.45. The van der Waals surface area contributed by atoms with Crippen LogP contribution >= 0.6 is 0 Å². The minimum Gasteiger partial charge on any atom is -0.324 e. The second kappa shape index (κ2) is 4.64. The molecule has 102 valence electrons. The third kappa shape index (κ3) is 2.06. The molecule has 1 saturated carbocycles. The maximum absolute atomic E-state index is 12.5. The van der Waals surface area contributed by atoms with Crippen LogP contribution in [0, 0.1) is 19.3 Å². The second-order valence-corrected chi connectivity index (χ2v) is 6.14. The number of carbonyl (C=O) groups is 1. The van der Waals surface area contributed by atoms with Crippen LogP contribution in [0.25, 0.3) is 0 Å². The predicted molar refractivity (Wildman–Crippen MR) is 77.2 cm³/mol. The van der Waals surface area contributed by atoms with Crippen molar-refractivity contribution in [1.29, 1.82) is 0 Å². The first-order valence-corrected chi connectivity index (χ1v) is 7.23. The average Bonchev–Trinajstić information content (AvgIpc) is 2.84. The molecule has 19 heavy (non-hydrogen) atoms. The van der Waals surface area contributed by atoms with Crippen molar-refractivity contribution in [3.05, 3.63) is 29.3 Å². The highest BCUT2D eigenvalue weighted by molar-refractivity contribution is 5.97. The summed E-state index contributed by atoms with van der Waals surface area (Å²) in [6.07, 6.45) is 4.94. The average molecular weight is 258 g/mol. The van der Waals surface area contributed by atoms with Crippen molar-refractivity contribution in [2.45, 2.75) is 45.6 Å². The van der Waals surface area contributed by atoms with Crippen LogP contribution < -0.4 is 10.6 Å². The maximum atomic E-state index is 12.5. The van der Waals surface area contributed by atoms with Crippen molar-refractivity contribution in [1.82, 2.24) is 5.32 Å². The molecular formula is C16H22N2O. The van der Waals surface area contributed by atoms with Crippen LogP contribution in [0.3, 0.4) is 0 Å². The van der Waals surface area contributed by atoms with Crippen molar-refractivity contribution in [3.8, 4) is 0 Å². The summed E-state index contributed by atoms with van der Waals surface area (Å²) in [4.78, 5) is 12.5. The van der Waals surface area contributed by atoms with Gasteiger partial charge in [0, 0.05) is 17.6 Å². The summed E-state index contributed by atoms with van der Waals surface area (Å²) in [5.41, 5.74) is 3.50. The quantitative estimate of drug-likeness (QED) is 0.856. The molecule has 0 bridgehead atoms. The number of anilines is 1. The van der Waals surface area contributed by atoms with Crippen LogP contribution in [-0.2, 0) is 4.79 Å². The lowest BCUT2D eigenvalue weighted by atomic mass is 9.71. The molecule has 1 amide bonds. The molecule has 3 nitrogen and oxygen atoms in total. The SMILES string of the molecule is Cc1cccc(C)c1NC(=O)C1NCC12CCCC2. The fourth-order valence-corrected chi connectivity index (χ4v) is 3.62. The van der Waals surface area contributed by atoms with E-state index in [1.165, 1.54) is 25.7 Å². The van der Waals surface area contributed by atoms with E-state index in [4.69, 9.17) is 0 Å². The van der Waals surface area contributed by atoms with Crippen LogP contribution in [0.5, 0.6) is 0 Å². The van der Waals surface area contributed by atoms with Gasteiger partial charge in [-0.3, -0.25) is 4.79 Å². The van der Waals surface area contributed by atoms with E-state index in [1.807, 2.05) is 32.0 Å². The van der Waals surface area contributed by atoms with E-state index in [1.54, 1.807) is 0 Å². The number of hydrogen-bond donors (Lipinski definition) is 2. The number of para-hydroxylation sites is 1. The van der Waals surface area contributed by atoms with Gasteiger partial charge in [0.15, 0.2) is 0 Å². The van der Waals surface area contributed by atoms with E-state index in [0.717, 1.165) is 23.4 Å². The Morgan fingerprint density at radius 1 is 1.26 bits per heavy atom. The molecule has 3 rings (SSSR count). The number of benzene rings is 1. The molecule has 0 radical (unpaired) electrons. The van der Waals surface area contributed by atoms with Crippen molar-refractivity contribution in [2.24, 2.45) is 5.41 Å². The Kier molecular flexibility index (Phi) is 3.09. The maximum Gasteiger partial charge on any atom is 0.242 e. The molecule has 3 heteroatoms. The molecule has 1 aliphatic carbocycles. The Morgan fingerprint density at radius 3 is 2.42 bits per heavy atom. The van der Waals surface area contributed by atoms with Crippen LogP contribution in [0.4, 0.5) is 5.69 Å². The van der Waals surface area contributed by atoms with Gasteiger partial charge >= 0.3 is 0 Å². The number of amides is 1. The van der Waals surface area contributed by atoms with Crippen molar-refractivity contribution in [3.63, 3.8) is 0 Å². The van der Waals surface area contributed by atoms with E-state index in [2.05, 4.69) is 10.6 Å².